The van der Waals surface area contributed by atoms with Crippen LogP contribution in [0.3, 0.4) is 0 Å². The van der Waals surface area contributed by atoms with Crippen molar-refractivity contribution in [3.63, 3.8) is 0 Å². The van der Waals surface area contributed by atoms with Gasteiger partial charge >= 0.3 is 5.63 Å². The first-order valence-corrected chi connectivity index (χ1v) is 9.69. The molecule has 0 spiro atoms. The summed E-state index contributed by atoms with van der Waals surface area (Å²) in [6.07, 6.45) is 2.78. The number of halogens is 1. The molecule has 0 bridgehead atoms. The van der Waals surface area contributed by atoms with Crippen LogP contribution in [0, 0.1) is 6.92 Å². The largest absolute Gasteiger partial charge is 0.477 e. The molecule has 0 amide bonds. The molecule has 2 aliphatic rings. The number of rotatable bonds is 2. The molecule has 4 nitrogen and oxygen atoms in total. The molecule has 5 rings (SSSR count). The molecule has 0 radical (unpaired) electrons. The molecule has 0 atom stereocenters. The maximum Gasteiger partial charge on any atom is 0.339 e. The van der Waals surface area contributed by atoms with Gasteiger partial charge in [-0.25, -0.2) is 4.79 Å². The Bertz CT molecular complexity index is 1120. The summed E-state index contributed by atoms with van der Waals surface area (Å²) in [6, 6.07) is 10.1. The van der Waals surface area contributed by atoms with Gasteiger partial charge in [0.15, 0.2) is 0 Å². The molecule has 2 aromatic carbocycles. The van der Waals surface area contributed by atoms with Crippen molar-refractivity contribution in [2.45, 2.75) is 39.3 Å². The minimum atomic E-state index is -0.186. The fourth-order valence-corrected chi connectivity index (χ4v) is 4.55. The number of aryl methyl sites for hydroxylation is 2. The van der Waals surface area contributed by atoms with E-state index >= 15 is 0 Å². The van der Waals surface area contributed by atoms with Crippen LogP contribution < -0.4 is 10.4 Å². The quantitative estimate of drug-likeness (QED) is 0.608. The van der Waals surface area contributed by atoms with Crippen molar-refractivity contribution >= 4 is 22.6 Å². The molecule has 27 heavy (non-hydrogen) atoms. The molecular formula is C22H20ClNO3. The van der Waals surface area contributed by atoms with Crippen LogP contribution in [0.2, 0.25) is 5.02 Å². The molecule has 0 N–H and O–H groups in total. The molecule has 1 aromatic heterocycles. The smallest absolute Gasteiger partial charge is 0.339 e. The lowest BCUT2D eigenvalue weighted by Crippen LogP contribution is -2.32. The molecule has 5 heteroatoms. The lowest BCUT2D eigenvalue weighted by atomic mass is 9.99. The number of ether oxygens (including phenoxy) is 1. The number of hydrogen-bond donors (Lipinski definition) is 0. The maximum absolute atomic E-state index is 12.3. The molecule has 2 heterocycles. The second-order valence-electron chi connectivity index (χ2n) is 7.42. The van der Waals surface area contributed by atoms with Crippen molar-refractivity contribution < 1.29 is 9.15 Å². The molecule has 3 aromatic rings. The van der Waals surface area contributed by atoms with Gasteiger partial charge < -0.3 is 9.15 Å². The first-order chi connectivity index (χ1) is 13.1. The van der Waals surface area contributed by atoms with E-state index < -0.39 is 0 Å². The van der Waals surface area contributed by atoms with E-state index in [0.717, 1.165) is 76.3 Å². The first-order valence-electron chi connectivity index (χ1n) is 9.31. The van der Waals surface area contributed by atoms with Crippen molar-refractivity contribution in [2.24, 2.45) is 0 Å². The van der Waals surface area contributed by atoms with E-state index in [0.29, 0.717) is 12.3 Å². The molecule has 1 aliphatic heterocycles. The van der Waals surface area contributed by atoms with Gasteiger partial charge in [0, 0.05) is 40.2 Å². The molecule has 1 aliphatic carbocycles. The van der Waals surface area contributed by atoms with Gasteiger partial charge in [-0.3, -0.25) is 4.90 Å². The highest BCUT2D eigenvalue weighted by atomic mass is 35.5. The first kappa shape index (κ1) is 16.8. The summed E-state index contributed by atoms with van der Waals surface area (Å²) in [5.41, 5.74) is 5.67. The Kier molecular flexibility index (Phi) is 3.99. The Balaban J connectivity index is 1.56. The summed E-state index contributed by atoms with van der Waals surface area (Å²) >= 11 is 6.32. The predicted octanol–water partition coefficient (Wildman–Crippen LogP) is 4.60. The minimum Gasteiger partial charge on any atom is -0.477 e. The van der Waals surface area contributed by atoms with Crippen molar-refractivity contribution in [3.05, 3.63) is 73.6 Å². The highest BCUT2D eigenvalue weighted by Gasteiger charge is 2.26. The van der Waals surface area contributed by atoms with Gasteiger partial charge in [-0.15, -0.1) is 0 Å². The average Bonchev–Trinajstić information content (AvgIpc) is 3.16. The zero-order valence-corrected chi connectivity index (χ0v) is 15.9. The molecule has 0 unspecified atom stereocenters. The van der Waals surface area contributed by atoms with Crippen molar-refractivity contribution in [2.75, 3.05) is 6.73 Å². The molecule has 0 saturated carbocycles. The van der Waals surface area contributed by atoms with Gasteiger partial charge in [-0.05, 0) is 49.4 Å². The van der Waals surface area contributed by atoms with Crippen LogP contribution in [0.5, 0.6) is 5.75 Å². The maximum atomic E-state index is 12.3. The average molecular weight is 382 g/mol. The summed E-state index contributed by atoms with van der Waals surface area (Å²) in [4.78, 5) is 14.5. The third-order valence-electron chi connectivity index (χ3n) is 5.66. The van der Waals surface area contributed by atoms with Crippen molar-refractivity contribution in [1.82, 2.24) is 4.90 Å². The van der Waals surface area contributed by atoms with Crippen molar-refractivity contribution in [1.29, 1.82) is 0 Å². The standard InChI is InChI=1S/C22H20ClNO3/c1-13-20-15(9-18-16-6-4-7-17(16)22(25)27-21(13)18)11-24(12-26-20)10-14-5-2-3-8-19(14)23/h2-3,5,8-9H,4,6-7,10-12H2,1H3. The zero-order valence-electron chi connectivity index (χ0n) is 15.2. The normalized spacial score (nSPS) is 16.2. The van der Waals surface area contributed by atoms with Crippen LogP contribution in [-0.2, 0) is 25.9 Å². The van der Waals surface area contributed by atoms with E-state index in [9.17, 15) is 4.79 Å². The topological polar surface area (TPSA) is 42.7 Å². The highest BCUT2D eigenvalue weighted by Crippen LogP contribution is 2.38. The Hall–Kier alpha value is -2.30. The molecule has 138 valence electrons. The van der Waals surface area contributed by atoms with Gasteiger partial charge in [0.2, 0.25) is 0 Å². The summed E-state index contributed by atoms with van der Waals surface area (Å²) in [7, 11) is 0. The number of benzene rings is 2. The Morgan fingerprint density at radius 1 is 1.19 bits per heavy atom. The van der Waals surface area contributed by atoms with Gasteiger partial charge in [0.1, 0.15) is 18.1 Å². The third-order valence-corrected chi connectivity index (χ3v) is 6.03. The van der Waals surface area contributed by atoms with Gasteiger partial charge in [-0.2, -0.15) is 0 Å². The van der Waals surface area contributed by atoms with Gasteiger partial charge in [0.25, 0.3) is 0 Å². The van der Waals surface area contributed by atoms with E-state index in [1.54, 1.807) is 0 Å². The third kappa shape index (κ3) is 2.75. The Morgan fingerprint density at radius 2 is 2.00 bits per heavy atom. The summed E-state index contributed by atoms with van der Waals surface area (Å²) in [5.74, 6) is 0.846. The van der Waals surface area contributed by atoms with E-state index in [-0.39, 0.29) is 5.63 Å². The van der Waals surface area contributed by atoms with Crippen LogP contribution in [0.1, 0.15) is 34.2 Å². The van der Waals surface area contributed by atoms with Crippen LogP contribution >= 0.6 is 11.6 Å². The summed E-state index contributed by atoms with van der Waals surface area (Å²) in [5, 5.41) is 1.85. The van der Waals surface area contributed by atoms with E-state index in [1.807, 2.05) is 31.2 Å². The SMILES string of the molecule is Cc1c2c(cc3c4c(c(=O)oc13)CCC4)CN(Cc1ccccc1Cl)CO2. The lowest BCUT2D eigenvalue weighted by Gasteiger charge is -2.30. The lowest BCUT2D eigenvalue weighted by molar-refractivity contribution is 0.0881. The van der Waals surface area contributed by atoms with Crippen LogP contribution in [0.15, 0.2) is 39.5 Å². The van der Waals surface area contributed by atoms with E-state index in [1.165, 1.54) is 0 Å². The monoisotopic (exact) mass is 381 g/mol. The summed E-state index contributed by atoms with van der Waals surface area (Å²) < 4.78 is 11.7. The number of fused-ring (bicyclic) bond motifs is 4. The van der Waals surface area contributed by atoms with E-state index in [4.69, 9.17) is 20.8 Å². The fraction of sp³-hybridized carbons (Fsp3) is 0.318. The zero-order chi connectivity index (χ0) is 18.5. The van der Waals surface area contributed by atoms with Gasteiger partial charge in [-0.1, -0.05) is 29.8 Å². The van der Waals surface area contributed by atoms with Crippen LogP contribution in [-0.4, -0.2) is 11.6 Å². The van der Waals surface area contributed by atoms with Gasteiger partial charge in [0.05, 0.1) is 0 Å². The Morgan fingerprint density at radius 3 is 2.85 bits per heavy atom. The second kappa shape index (κ2) is 6.39. The number of nitrogens with zero attached hydrogens (tertiary/aromatic N) is 1. The minimum absolute atomic E-state index is 0.186. The van der Waals surface area contributed by atoms with Crippen LogP contribution in [0.4, 0.5) is 0 Å². The summed E-state index contributed by atoms with van der Waals surface area (Å²) in [6.45, 7) is 3.98. The fourth-order valence-electron chi connectivity index (χ4n) is 4.36. The predicted molar refractivity (Wildman–Crippen MR) is 105 cm³/mol. The van der Waals surface area contributed by atoms with Crippen LogP contribution in [0.25, 0.3) is 11.0 Å². The molecule has 0 saturated heterocycles. The van der Waals surface area contributed by atoms with E-state index in [2.05, 4.69) is 11.0 Å². The number of hydrogen-bond acceptors (Lipinski definition) is 4. The Labute approximate surface area is 162 Å². The van der Waals surface area contributed by atoms with Crippen molar-refractivity contribution in [3.8, 4) is 5.75 Å². The second-order valence-corrected chi connectivity index (χ2v) is 7.83. The molecule has 0 fully saturated rings. The highest BCUT2D eigenvalue weighted by molar-refractivity contribution is 6.31. The molecular weight excluding hydrogens is 362 g/mol.